The molecule has 0 aromatic carbocycles. The summed E-state index contributed by atoms with van der Waals surface area (Å²) in [6, 6.07) is 0. The maximum atomic E-state index is 11.8. The van der Waals surface area contributed by atoms with Crippen LogP contribution in [0.1, 0.15) is 19.3 Å². The topological polar surface area (TPSA) is 78.4 Å². The van der Waals surface area contributed by atoms with E-state index in [-0.39, 0.29) is 12.5 Å². The lowest BCUT2D eigenvalue weighted by atomic mass is 10.1. The van der Waals surface area contributed by atoms with Crippen LogP contribution in [0.15, 0.2) is 0 Å². The van der Waals surface area contributed by atoms with Crippen molar-refractivity contribution in [2.45, 2.75) is 31.5 Å². The summed E-state index contributed by atoms with van der Waals surface area (Å²) in [7, 11) is -4.16. The largest absolute Gasteiger partial charge is 0.402 e. The molecular formula is C8H15F3N2O3S. The quantitative estimate of drug-likeness (QED) is 0.668. The predicted octanol–water partition coefficient (Wildman–Crippen LogP) is 0.134. The summed E-state index contributed by atoms with van der Waals surface area (Å²) in [6.45, 7) is -1.65. The zero-order chi connectivity index (χ0) is 13.1. The molecule has 9 heteroatoms. The Morgan fingerprint density at radius 1 is 1.24 bits per heavy atom. The van der Waals surface area contributed by atoms with Gasteiger partial charge >= 0.3 is 6.18 Å². The molecule has 5 nitrogen and oxygen atoms in total. The number of aliphatic hydroxyl groups is 1. The maximum Gasteiger partial charge on any atom is 0.402 e. The highest BCUT2D eigenvalue weighted by Crippen LogP contribution is 2.24. The van der Waals surface area contributed by atoms with Gasteiger partial charge in [-0.05, 0) is 18.8 Å². The van der Waals surface area contributed by atoms with Crippen LogP contribution in [-0.2, 0) is 10.2 Å². The molecule has 102 valence electrons. The van der Waals surface area contributed by atoms with Crippen LogP contribution in [0.4, 0.5) is 13.2 Å². The van der Waals surface area contributed by atoms with Crippen molar-refractivity contribution in [2.75, 3.05) is 13.1 Å². The Hall–Kier alpha value is -0.380. The Morgan fingerprint density at radius 3 is 2.35 bits per heavy atom. The molecule has 1 rings (SSSR count). The van der Waals surface area contributed by atoms with Crippen LogP contribution in [0.3, 0.4) is 0 Å². The molecule has 1 aliphatic rings. The van der Waals surface area contributed by atoms with Gasteiger partial charge in [-0.25, -0.2) is 4.72 Å². The summed E-state index contributed by atoms with van der Waals surface area (Å²) in [5.74, 6) is -0.225. The van der Waals surface area contributed by atoms with E-state index in [2.05, 4.69) is 0 Å². The summed E-state index contributed by atoms with van der Waals surface area (Å²) >= 11 is 0. The average Bonchev–Trinajstić information content (AvgIpc) is 2.58. The summed E-state index contributed by atoms with van der Waals surface area (Å²) in [6.07, 6.45) is -3.10. The third-order valence-corrected chi connectivity index (χ3v) is 3.69. The first-order valence-corrected chi connectivity index (χ1v) is 6.67. The fourth-order valence-corrected chi connectivity index (χ4v) is 2.59. The molecule has 0 aromatic rings. The van der Waals surface area contributed by atoms with Gasteiger partial charge in [-0.3, -0.25) is 0 Å². The number of aliphatic hydroxyl groups excluding tert-OH is 1. The van der Waals surface area contributed by atoms with Crippen LogP contribution in [0.25, 0.3) is 0 Å². The molecule has 0 radical (unpaired) electrons. The fourth-order valence-electron chi connectivity index (χ4n) is 1.70. The fraction of sp³-hybridized carbons (Fsp3) is 1.00. The standard InChI is InChI=1S/C8H15F3N2O3S/c9-8(10,11)5-13-17(15,16)12-4-6-2-1-3-7(6)14/h6-7,12-14H,1-5H2. The van der Waals surface area contributed by atoms with Gasteiger partial charge in [0.1, 0.15) is 6.54 Å². The Bertz CT molecular complexity index is 344. The lowest BCUT2D eigenvalue weighted by molar-refractivity contribution is -0.121. The van der Waals surface area contributed by atoms with E-state index in [0.29, 0.717) is 12.8 Å². The van der Waals surface area contributed by atoms with E-state index < -0.39 is 29.0 Å². The Balaban J connectivity index is 2.34. The van der Waals surface area contributed by atoms with Gasteiger partial charge in [-0.2, -0.15) is 26.3 Å². The van der Waals surface area contributed by atoms with Gasteiger partial charge in [0.25, 0.3) is 10.2 Å². The minimum Gasteiger partial charge on any atom is -0.393 e. The lowest BCUT2D eigenvalue weighted by Crippen LogP contribution is -2.43. The van der Waals surface area contributed by atoms with Crippen molar-refractivity contribution in [3.05, 3.63) is 0 Å². The third kappa shape index (κ3) is 5.66. The molecule has 1 saturated carbocycles. The number of nitrogens with one attached hydrogen (secondary N) is 2. The first kappa shape index (κ1) is 14.7. The van der Waals surface area contributed by atoms with Crippen molar-refractivity contribution in [1.82, 2.24) is 9.44 Å². The second-order valence-corrected chi connectivity index (χ2v) is 5.63. The number of halogens is 3. The van der Waals surface area contributed by atoms with E-state index in [4.69, 9.17) is 0 Å². The zero-order valence-corrected chi connectivity index (χ0v) is 9.81. The van der Waals surface area contributed by atoms with Crippen LogP contribution >= 0.6 is 0 Å². The van der Waals surface area contributed by atoms with E-state index in [1.54, 1.807) is 0 Å². The molecule has 0 amide bonds. The van der Waals surface area contributed by atoms with Crippen LogP contribution in [0.2, 0.25) is 0 Å². The highest BCUT2D eigenvalue weighted by Gasteiger charge is 2.30. The Labute approximate surface area is 97.6 Å². The van der Waals surface area contributed by atoms with Gasteiger partial charge in [-0.1, -0.05) is 6.42 Å². The summed E-state index contributed by atoms with van der Waals surface area (Å²) in [5.41, 5.74) is 0. The molecule has 0 bridgehead atoms. The summed E-state index contributed by atoms with van der Waals surface area (Å²) in [5, 5.41) is 9.41. The summed E-state index contributed by atoms with van der Waals surface area (Å²) in [4.78, 5) is 0. The van der Waals surface area contributed by atoms with E-state index in [1.807, 2.05) is 4.72 Å². The molecule has 0 saturated heterocycles. The number of rotatable bonds is 5. The van der Waals surface area contributed by atoms with Gasteiger partial charge in [0, 0.05) is 6.54 Å². The van der Waals surface area contributed by atoms with Crippen molar-refractivity contribution >= 4 is 10.2 Å². The summed E-state index contributed by atoms with van der Waals surface area (Å²) < 4.78 is 61.1. The van der Waals surface area contributed by atoms with E-state index in [1.165, 1.54) is 4.72 Å². The Morgan fingerprint density at radius 2 is 1.88 bits per heavy atom. The zero-order valence-electron chi connectivity index (χ0n) is 9.00. The molecule has 0 spiro atoms. The van der Waals surface area contributed by atoms with Crippen molar-refractivity contribution in [3.8, 4) is 0 Å². The van der Waals surface area contributed by atoms with Crippen molar-refractivity contribution in [1.29, 1.82) is 0 Å². The van der Waals surface area contributed by atoms with Gasteiger partial charge in [0.2, 0.25) is 0 Å². The van der Waals surface area contributed by atoms with Gasteiger partial charge in [0.05, 0.1) is 6.10 Å². The predicted molar refractivity (Wildman–Crippen MR) is 54.3 cm³/mol. The SMILES string of the molecule is O=S(=O)(NCC1CCCC1O)NCC(F)(F)F. The normalized spacial score (nSPS) is 26.4. The molecule has 1 aliphatic carbocycles. The molecule has 1 fully saturated rings. The third-order valence-electron chi connectivity index (χ3n) is 2.62. The molecule has 17 heavy (non-hydrogen) atoms. The van der Waals surface area contributed by atoms with E-state index in [0.717, 1.165) is 6.42 Å². The van der Waals surface area contributed by atoms with Crippen molar-refractivity contribution in [3.63, 3.8) is 0 Å². The average molecular weight is 276 g/mol. The smallest absolute Gasteiger partial charge is 0.393 e. The first-order valence-electron chi connectivity index (χ1n) is 5.19. The monoisotopic (exact) mass is 276 g/mol. The molecule has 0 aliphatic heterocycles. The number of alkyl halides is 3. The van der Waals surface area contributed by atoms with Gasteiger partial charge in [-0.15, -0.1) is 0 Å². The van der Waals surface area contributed by atoms with E-state index >= 15 is 0 Å². The lowest BCUT2D eigenvalue weighted by Gasteiger charge is -2.16. The molecule has 0 heterocycles. The van der Waals surface area contributed by atoms with Gasteiger partial charge < -0.3 is 5.11 Å². The van der Waals surface area contributed by atoms with Crippen molar-refractivity contribution < 1.29 is 26.7 Å². The van der Waals surface area contributed by atoms with Crippen LogP contribution < -0.4 is 9.44 Å². The molecule has 2 atom stereocenters. The minimum atomic E-state index is -4.58. The number of hydrogen-bond donors (Lipinski definition) is 3. The highest BCUT2D eigenvalue weighted by atomic mass is 32.2. The number of hydrogen-bond acceptors (Lipinski definition) is 3. The molecule has 2 unspecified atom stereocenters. The van der Waals surface area contributed by atoms with Gasteiger partial charge in [0.15, 0.2) is 0 Å². The van der Waals surface area contributed by atoms with E-state index in [9.17, 15) is 26.7 Å². The molecule has 3 N–H and O–H groups in total. The second-order valence-electron chi connectivity index (χ2n) is 4.05. The van der Waals surface area contributed by atoms with Crippen molar-refractivity contribution in [2.24, 2.45) is 5.92 Å². The van der Waals surface area contributed by atoms with Crippen LogP contribution in [0.5, 0.6) is 0 Å². The van der Waals surface area contributed by atoms with Crippen LogP contribution in [0, 0.1) is 5.92 Å². The van der Waals surface area contributed by atoms with Crippen LogP contribution in [-0.4, -0.2) is 38.9 Å². The first-order chi connectivity index (χ1) is 7.70. The minimum absolute atomic E-state index is 0.0473. The maximum absolute atomic E-state index is 11.8. The highest BCUT2D eigenvalue weighted by molar-refractivity contribution is 7.87. The molecule has 0 aromatic heterocycles. The Kier molecular flexibility index (Phi) is 4.76. The second kappa shape index (κ2) is 5.51. The molecular weight excluding hydrogens is 261 g/mol.